The zero-order valence-electron chi connectivity index (χ0n) is 9.59. The zero-order valence-corrected chi connectivity index (χ0v) is 9.59. The molecule has 0 saturated heterocycles. The van der Waals surface area contributed by atoms with Crippen LogP contribution in [0.3, 0.4) is 0 Å². The van der Waals surface area contributed by atoms with Crippen molar-refractivity contribution in [1.82, 2.24) is 14.6 Å². The van der Waals surface area contributed by atoms with Gasteiger partial charge in [0.1, 0.15) is 0 Å². The fourth-order valence-corrected chi connectivity index (χ4v) is 2.83. The Bertz CT molecular complexity index is 529. The number of nitrogens with zero attached hydrogens (tertiary/aromatic N) is 3. The zero-order chi connectivity index (χ0) is 11.3. The molecule has 16 heavy (non-hydrogen) atoms. The monoisotopic (exact) mass is 216 g/mol. The topological polar surface area (TPSA) is 56.2 Å². The molecule has 0 unspecified atom stereocenters. The van der Waals surface area contributed by atoms with E-state index < -0.39 is 0 Å². The van der Waals surface area contributed by atoms with Crippen molar-refractivity contribution in [2.75, 3.05) is 6.54 Å². The van der Waals surface area contributed by atoms with Crippen molar-refractivity contribution in [1.29, 1.82) is 0 Å². The summed E-state index contributed by atoms with van der Waals surface area (Å²) in [4.78, 5) is 4.40. The third-order valence-electron chi connectivity index (χ3n) is 3.93. The maximum absolute atomic E-state index is 5.79. The Morgan fingerprint density at radius 3 is 3.00 bits per heavy atom. The summed E-state index contributed by atoms with van der Waals surface area (Å²) in [6, 6.07) is 1.90. The molecule has 2 atom stereocenters. The smallest absolute Gasteiger partial charge is 0.154 e. The van der Waals surface area contributed by atoms with Crippen LogP contribution in [0.5, 0.6) is 0 Å². The molecular weight excluding hydrogens is 200 g/mol. The minimum absolute atomic E-state index is 0.303. The van der Waals surface area contributed by atoms with Crippen molar-refractivity contribution < 1.29 is 0 Å². The van der Waals surface area contributed by atoms with Crippen LogP contribution in [-0.4, -0.2) is 21.1 Å². The number of nitrogens with two attached hydrogens (primary N) is 1. The van der Waals surface area contributed by atoms with Gasteiger partial charge in [-0.05, 0) is 29.4 Å². The van der Waals surface area contributed by atoms with Crippen LogP contribution in [0, 0.1) is 11.3 Å². The summed E-state index contributed by atoms with van der Waals surface area (Å²) in [5.74, 6) is 1.10. The van der Waals surface area contributed by atoms with Gasteiger partial charge in [0.05, 0.1) is 6.20 Å². The molecule has 2 aromatic heterocycles. The van der Waals surface area contributed by atoms with Gasteiger partial charge in [0.25, 0.3) is 0 Å². The second-order valence-electron chi connectivity index (χ2n) is 5.16. The molecule has 1 aliphatic carbocycles. The van der Waals surface area contributed by atoms with Crippen LogP contribution in [0.1, 0.15) is 25.3 Å². The summed E-state index contributed by atoms with van der Waals surface area (Å²) >= 11 is 0. The van der Waals surface area contributed by atoms with Crippen LogP contribution in [0.15, 0.2) is 24.7 Å². The second-order valence-corrected chi connectivity index (χ2v) is 5.16. The van der Waals surface area contributed by atoms with E-state index in [1.807, 2.05) is 16.8 Å². The lowest BCUT2D eigenvalue weighted by Gasteiger charge is -2.03. The predicted molar refractivity (Wildman–Crippen MR) is 62.1 cm³/mol. The Balaban J connectivity index is 2.01. The summed E-state index contributed by atoms with van der Waals surface area (Å²) in [5.41, 5.74) is 8.23. The molecule has 4 heteroatoms. The van der Waals surface area contributed by atoms with Gasteiger partial charge in [0, 0.05) is 18.5 Å². The van der Waals surface area contributed by atoms with Crippen molar-refractivity contribution in [2.45, 2.75) is 19.8 Å². The van der Waals surface area contributed by atoms with Gasteiger partial charge in [-0.15, -0.1) is 0 Å². The summed E-state index contributed by atoms with van der Waals surface area (Å²) in [6.45, 7) is 5.28. The normalized spacial score (nSPS) is 27.2. The Hall–Kier alpha value is -1.42. The van der Waals surface area contributed by atoms with E-state index >= 15 is 0 Å². The molecular formula is C12H16N4. The SMILES string of the molecule is CC1(C)[C@H](CN)[C@H]1c1cnc2ccnn2c1. The quantitative estimate of drug-likeness (QED) is 0.826. The van der Waals surface area contributed by atoms with Crippen LogP contribution >= 0.6 is 0 Å². The lowest BCUT2D eigenvalue weighted by Crippen LogP contribution is -2.05. The molecule has 3 rings (SSSR count). The highest BCUT2D eigenvalue weighted by molar-refractivity contribution is 5.38. The predicted octanol–water partition coefficient (Wildman–Crippen LogP) is 1.43. The molecule has 2 heterocycles. The number of rotatable bonds is 2. The Morgan fingerprint density at radius 1 is 1.50 bits per heavy atom. The molecule has 2 aromatic rings. The van der Waals surface area contributed by atoms with E-state index in [1.54, 1.807) is 6.20 Å². The summed E-state index contributed by atoms with van der Waals surface area (Å²) < 4.78 is 1.83. The first-order valence-electron chi connectivity index (χ1n) is 5.64. The average molecular weight is 216 g/mol. The highest BCUT2D eigenvalue weighted by atomic mass is 15.2. The molecule has 1 aliphatic rings. The minimum atomic E-state index is 0.303. The summed E-state index contributed by atoms with van der Waals surface area (Å²) in [5, 5.41) is 4.21. The van der Waals surface area contributed by atoms with Gasteiger partial charge < -0.3 is 5.73 Å². The first-order chi connectivity index (χ1) is 7.64. The van der Waals surface area contributed by atoms with Crippen molar-refractivity contribution in [3.63, 3.8) is 0 Å². The van der Waals surface area contributed by atoms with Crippen LogP contribution in [0.4, 0.5) is 0 Å². The highest BCUT2D eigenvalue weighted by Crippen LogP contribution is 2.63. The van der Waals surface area contributed by atoms with E-state index in [-0.39, 0.29) is 0 Å². The lowest BCUT2D eigenvalue weighted by molar-refractivity contribution is 0.558. The third kappa shape index (κ3) is 1.19. The van der Waals surface area contributed by atoms with Crippen LogP contribution < -0.4 is 5.73 Å². The average Bonchev–Trinajstić information content (AvgIpc) is 2.62. The standard InChI is InChI=1S/C12H16N4/c1-12(2)9(5-13)11(12)8-6-14-10-3-4-15-16(10)7-8/h3-4,6-7,9,11H,5,13H2,1-2H3/t9-,11-/m1/s1. The molecule has 2 N–H and O–H groups in total. The van der Waals surface area contributed by atoms with Crippen LogP contribution in [0.2, 0.25) is 0 Å². The van der Waals surface area contributed by atoms with E-state index in [0.717, 1.165) is 12.2 Å². The van der Waals surface area contributed by atoms with Crippen molar-refractivity contribution in [3.8, 4) is 0 Å². The number of hydrogen-bond acceptors (Lipinski definition) is 3. The first kappa shape index (κ1) is 9.78. The molecule has 84 valence electrons. The Labute approximate surface area is 94.5 Å². The molecule has 0 aliphatic heterocycles. The van der Waals surface area contributed by atoms with Gasteiger partial charge in [-0.1, -0.05) is 13.8 Å². The molecule has 0 amide bonds. The van der Waals surface area contributed by atoms with E-state index in [2.05, 4.69) is 30.1 Å². The second kappa shape index (κ2) is 3.04. The van der Waals surface area contributed by atoms with Crippen molar-refractivity contribution in [2.24, 2.45) is 17.1 Å². The van der Waals surface area contributed by atoms with Crippen molar-refractivity contribution >= 4 is 5.65 Å². The minimum Gasteiger partial charge on any atom is -0.330 e. The van der Waals surface area contributed by atoms with Gasteiger partial charge in [-0.3, -0.25) is 0 Å². The molecule has 4 nitrogen and oxygen atoms in total. The summed E-state index contributed by atoms with van der Waals surface area (Å²) in [7, 11) is 0. The van der Waals surface area contributed by atoms with Gasteiger partial charge in [-0.25, -0.2) is 9.50 Å². The van der Waals surface area contributed by atoms with E-state index in [0.29, 0.717) is 17.3 Å². The van der Waals surface area contributed by atoms with Crippen molar-refractivity contribution in [3.05, 3.63) is 30.2 Å². The maximum Gasteiger partial charge on any atom is 0.154 e. The van der Waals surface area contributed by atoms with Gasteiger partial charge in [-0.2, -0.15) is 5.10 Å². The molecule has 0 radical (unpaired) electrons. The number of hydrogen-bond donors (Lipinski definition) is 1. The van der Waals surface area contributed by atoms with E-state index in [9.17, 15) is 0 Å². The third-order valence-corrected chi connectivity index (χ3v) is 3.93. The highest BCUT2D eigenvalue weighted by Gasteiger charge is 2.57. The van der Waals surface area contributed by atoms with Crippen LogP contribution in [0.25, 0.3) is 5.65 Å². The largest absolute Gasteiger partial charge is 0.330 e. The first-order valence-corrected chi connectivity index (χ1v) is 5.64. The Kier molecular flexibility index (Phi) is 1.86. The Morgan fingerprint density at radius 2 is 2.31 bits per heavy atom. The van der Waals surface area contributed by atoms with E-state index in [4.69, 9.17) is 5.73 Å². The maximum atomic E-state index is 5.79. The van der Waals surface area contributed by atoms with E-state index in [1.165, 1.54) is 5.56 Å². The molecule has 0 spiro atoms. The fourth-order valence-electron chi connectivity index (χ4n) is 2.83. The molecule has 1 saturated carbocycles. The van der Waals surface area contributed by atoms with Crippen LogP contribution in [-0.2, 0) is 0 Å². The van der Waals surface area contributed by atoms with Gasteiger partial charge in [0.15, 0.2) is 5.65 Å². The number of aromatic nitrogens is 3. The molecule has 1 fully saturated rings. The van der Waals surface area contributed by atoms with Gasteiger partial charge >= 0.3 is 0 Å². The van der Waals surface area contributed by atoms with Gasteiger partial charge in [0.2, 0.25) is 0 Å². The lowest BCUT2D eigenvalue weighted by atomic mass is 10.1. The fraction of sp³-hybridized carbons (Fsp3) is 0.500. The number of fused-ring (bicyclic) bond motifs is 1. The molecule has 0 bridgehead atoms. The summed E-state index contributed by atoms with van der Waals surface area (Å²) in [6.07, 6.45) is 5.80. The molecule has 0 aromatic carbocycles.